The number of nitrogens with one attached hydrogen (secondary N) is 1. The fourth-order valence-electron chi connectivity index (χ4n) is 5.72. The second-order valence-corrected chi connectivity index (χ2v) is 9.95. The number of aryl methyl sites for hydroxylation is 1. The molecule has 2 aromatic heterocycles. The van der Waals surface area contributed by atoms with Gasteiger partial charge in [0.25, 0.3) is 5.56 Å². The molecule has 184 valence electrons. The van der Waals surface area contributed by atoms with Gasteiger partial charge in [0.1, 0.15) is 22.8 Å². The van der Waals surface area contributed by atoms with Crippen molar-refractivity contribution < 1.29 is 18.8 Å². The van der Waals surface area contributed by atoms with Crippen LogP contribution in [-0.4, -0.2) is 27.6 Å². The topological polar surface area (TPSA) is 103 Å². The van der Waals surface area contributed by atoms with Gasteiger partial charge in [0, 0.05) is 28.6 Å². The zero-order chi connectivity index (χ0) is 25.0. The first-order chi connectivity index (χ1) is 17.4. The lowest BCUT2D eigenvalue weighted by Crippen LogP contribution is -2.41. The molecule has 0 bridgehead atoms. The number of hydrogen-bond donors (Lipinski definition) is 1. The van der Waals surface area contributed by atoms with E-state index in [0.29, 0.717) is 44.6 Å². The first-order valence-electron chi connectivity index (χ1n) is 12.1. The van der Waals surface area contributed by atoms with Crippen molar-refractivity contribution in [1.82, 2.24) is 15.0 Å². The van der Waals surface area contributed by atoms with Crippen LogP contribution < -0.4 is 10.9 Å². The molecule has 3 unspecified atom stereocenters. The quantitative estimate of drug-likeness (QED) is 0.386. The Hall–Kier alpha value is -3.65. The highest BCUT2D eigenvalue weighted by molar-refractivity contribution is 6.37. The van der Waals surface area contributed by atoms with Crippen LogP contribution in [0.2, 0.25) is 5.02 Å². The highest BCUT2D eigenvalue weighted by Gasteiger charge is 2.33. The van der Waals surface area contributed by atoms with E-state index < -0.39 is 12.2 Å². The summed E-state index contributed by atoms with van der Waals surface area (Å²) in [6, 6.07) is 12.3. The molecule has 2 aliphatic rings. The molecule has 6 rings (SSSR count). The molecule has 1 N–H and O–H groups in total. The van der Waals surface area contributed by atoms with Gasteiger partial charge in [0.15, 0.2) is 5.78 Å². The van der Waals surface area contributed by atoms with Crippen LogP contribution in [-0.2, 0) is 4.74 Å². The zero-order valence-corrected chi connectivity index (χ0v) is 20.4. The number of carbonyl (C=O) groups is 2. The second kappa shape index (κ2) is 8.78. The SMILES string of the molecule is Cc1onc2c1c(=O)n(C1CCCC(NC(=O)OC3CC(=O)c4ccccc43)C1)c1cccc(Cl)c21. The third-order valence-electron chi connectivity index (χ3n) is 7.35. The summed E-state index contributed by atoms with van der Waals surface area (Å²) in [5.41, 5.74) is 2.34. The Balaban J connectivity index is 1.26. The van der Waals surface area contributed by atoms with E-state index in [0.717, 1.165) is 24.8 Å². The lowest BCUT2D eigenvalue weighted by molar-refractivity contribution is 0.0799. The molecular formula is C27H24ClN3O5. The van der Waals surface area contributed by atoms with Crippen molar-refractivity contribution in [3.63, 3.8) is 0 Å². The number of pyridine rings is 1. The van der Waals surface area contributed by atoms with E-state index >= 15 is 0 Å². The summed E-state index contributed by atoms with van der Waals surface area (Å²) >= 11 is 6.54. The number of amides is 1. The molecule has 2 heterocycles. The molecule has 0 radical (unpaired) electrons. The third kappa shape index (κ3) is 3.67. The number of halogens is 1. The standard InChI is InChI=1S/C27H24ClN3O5/c1-14-23-25(30-36-14)24-19(28)10-5-11-20(24)31(26(23)33)16-7-4-6-15(12-16)29-27(34)35-22-13-21(32)17-8-2-3-9-18(17)22/h2-3,5,8-11,15-16,22H,4,6-7,12-13H2,1H3,(H,29,34). The van der Waals surface area contributed by atoms with Gasteiger partial charge in [-0.05, 0) is 44.7 Å². The predicted octanol–water partition coefficient (Wildman–Crippen LogP) is 5.64. The average molecular weight is 506 g/mol. The van der Waals surface area contributed by atoms with E-state index in [9.17, 15) is 14.4 Å². The molecule has 0 saturated heterocycles. The van der Waals surface area contributed by atoms with Crippen LogP contribution in [0, 0.1) is 6.92 Å². The molecule has 36 heavy (non-hydrogen) atoms. The molecule has 3 atom stereocenters. The number of carbonyl (C=O) groups excluding carboxylic acids is 2. The Morgan fingerprint density at radius 2 is 1.97 bits per heavy atom. The van der Waals surface area contributed by atoms with Gasteiger partial charge in [0.05, 0.1) is 17.0 Å². The van der Waals surface area contributed by atoms with Crippen molar-refractivity contribution in [3.05, 3.63) is 74.7 Å². The molecule has 2 aromatic carbocycles. The minimum absolute atomic E-state index is 0.0227. The van der Waals surface area contributed by atoms with Gasteiger partial charge in [-0.25, -0.2) is 4.79 Å². The summed E-state index contributed by atoms with van der Waals surface area (Å²) in [5, 5.41) is 8.69. The number of alkyl carbamates (subject to hydrolysis) is 1. The molecule has 4 aromatic rings. The molecule has 9 heteroatoms. The number of rotatable bonds is 3. The Bertz CT molecular complexity index is 1590. The number of hydrogen-bond acceptors (Lipinski definition) is 6. The second-order valence-electron chi connectivity index (χ2n) is 9.54. The first kappa shape index (κ1) is 22.8. The average Bonchev–Trinajstić information content (AvgIpc) is 3.39. The normalized spacial score (nSPS) is 21.6. The van der Waals surface area contributed by atoms with Crippen molar-refractivity contribution in [2.24, 2.45) is 0 Å². The van der Waals surface area contributed by atoms with Crippen molar-refractivity contribution >= 4 is 45.3 Å². The summed E-state index contributed by atoms with van der Waals surface area (Å²) < 4.78 is 12.8. The Kier molecular flexibility index (Phi) is 5.56. The first-order valence-corrected chi connectivity index (χ1v) is 12.5. The molecule has 8 nitrogen and oxygen atoms in total. The highest BCUT2D eigenvalue weighted by Crippen LogP contribution is 2.36. The summed E-state index contributed by atoms with van der Waals surface area (Å²) in [6.45, 7) is 1.72. The van der Waals surface area contributed by atoms with Gasteiger partial charge in [-0.15, -0.1) is 0 Å². The summed E-state index contributed by atoms with van der Waals surface area (Å²) in [7, 11) is 0. The van der Waals surface area contributed by atoms with Crippen LogP contribution in [0.3, 0.4) is 0 Å². The Morgan fingerprint density at radius 1 is 1.14 bits per heavy atom. The number of Topliss-reactive ketones (excluding diaryl/α,β-unsaturated/α-hetero) is 1. The molecule has 1 saturated carbocycles. The van der Waals surface area contributed by atoms with Gasteiger partial charge in [0.2, 0.25) is 0 Å². The summed E-state index contributed by atoms with van der Waals surface area (Å²) in [4.78, 5) is 38.6. The lowest BCUT2D eigenvalue weighted by atomic mass is 9.90. The molecule has 0 aliphatic heterocycles. The molecule has 2 aliphatic carbocycles. The van der Waals surface area contributed by atoms with Crippen LogP contribution in [0.4, 0.5) is 4.79 Å². The van der Waals surface area contributed by atoms with Crippen molar-refractivity contribution in [1.29, 1.82) is 0 Å². The van der Waals surface area contributed by atoms with Gasteiger partial charge < -0.3 is 19.1 Å². The molecular weight excluding hydrogens is 482 g/mol. The van der Waals surface area contributed by atoms with E-state index in [-0.39, 0.29) is 29.8 Å². The van der Waals surface area contributed by atoms with Crippen LogP contribution >= 0.6 is 11.6 Å². The number of ether oxygens (including phenoxy) is 1. The summed E-state index contributed by atoms with van der Waals surface area (Å²) in [6.07, 6.45) is 1.96. The maximum atomic E-state index is 13.6. The van der Waals surface area contributed by atoms with Gasteiger partial charge in [-0.2, -0.15) is 0 Å². The van der Waals surface area contributed by atoms with Gasteiger partial charge >= 0.3 is 6.09 Å². The number of benzene rings is 2. The van der Waals surface area contributed by atoms with E-state index in [1.54, 1.807) is 29.7 Å². The lowest BCUT2D eigenvalue weighted by Gasteiger charge is -2.32. The number of fused-ring (bicyclic) bond motifs is 4. The maximum Gasteiger partial charge on any atom is 0.407 e. The fraction of sp³-hybridized carbons (Fsp3) is 0.333. The number of nitrogens with zero attached hydrogens (tertiary/aromatic N) is 2. The van der Waals surface area contributed by atoms with Gasteiger partial charge in [-0.1, -0.05) is 47.1 Å². The van der Waals surface area contributed by atoms with Crippen LogP contribution in [0.5, 0.6) is 0 Å². The van der Waals surface area contributed by atoms with Crippen LogP contribution in [0.15, 0.2) is 51.8 Å². The number of ketones is 1. The van der Waals surface area contributed by atoms with Crippen LogP contribution in [0.25, 0.3) is 21.8 Å². The van der Waals surface area contributed by atoms with Crippen molar-refractivity contribution in [2.75, 3.05) is 0 Å². The highest BCUT2D eigenvalue weighted by atomic mass is 35.5. The molecule has 1 fully saturated rings. The number of aromatic nitrogens is 2. The fourth-order valence-corrected chi connectivity index (χ4v) is 5.98. The van der Waals surface area contributed by atoms with E-state index in [2.05, 4.69) is 10.5 Å². The van der Waals surface area contributed by atoms with E-state index in [1.165, 1.54) is 0 Å². The van der Waals surface area contributed by atoms with Crippen molar-refractivity contribution in [2.45, 2.75) is 57.2 Å². The molecule has 1 amide bonds. The van der Waals surface area contributed by atoms with Crippen LogP contribution in [0.1, 0.15) is 65.9 Å². The minimum Gasteiger partial charge on any atom is -0.441 e. The third-order valence-corrected chi connectivity index (χ3v) is 7.66. The van der Waals surface area contributed by atoms with Gasteiger partial charge in [-0.3, -0.25) is 9.59 Å². The van der Waals surface area contributed by atoms with E-state index in [1.807, 2.05) is 24.3 Å². The molecule has 0 spiro atoms. The monoisotopic (exact) mass is 505 g/mol. The van der Waals surface area contributed by atoms with E-state index in [4.69, 9.17) is 20.9 Å². The Morgan fingerprint density at radius 3 is 2.83 bits per heavy atom. The minimum atomic E-state index is -0.583. The largest absolute Gasteiger partial charge is 0.441 e. The smallest absolute Gasteiger partial charge is 0.407 e. The summed E-state index contributed by atoms with van der Waals surface area (Å²) in [5.74, 6) is 0.427. The Labute approximate surface area is 211 Å². The zero-order valence-electron chi connectivity index (χ0n) is 19.6. The predicted molar refractivity (Wildman–Crippen MR) is 135 cm³/mol. The van der Waals surface area contributed by atoms with Crippen molar-refractivity contribution in [3.8, 4) is 0 Å². The maximum absolute atomic E-state index is 13.6.